The fraction of sp³-hybridized carbons (Fsp3) is 0.440. The fourth-order valence-corrected chi connectivity index (χ4v) is 5.41. The highest BCUT2D eigenvalue weighted by atomic mass is 32.2. The third kappa shape index (κ3) is 5.62. The first-order valence-corrected chi connectivity index (χ1v) is 12.7. The van der Waals surface area contributed by atoms with Crippen molar-refractivity contribution in [2.45, 2.75) is 51.1 Å². The van der Waals surface area contributed by atoms with E-state index in [1.165, 1.54) is 17.0 Å². The van der Waals surface area contributed by atoms with Gasteiger partial charge >= 0.3 is 0 Å². The Morgan fingerprint density at radius 2 is 1.73 bits per heavy atom. The molecule has 1 aliphatic rings. The summed E-state index contributed by atoms with van der Waals surface area (Å²) in [5.74, 6) is -0.343. The maximum Gasteiger partial charge on any atom is 0.247 e. The van der Waals surface area contributed by atoms with Gasteiger partial charge in [0.25, 0.3) is 0 Å². The lowest BCUT2D eigenvalue weighted by Crippen LogP contribution is -2.69. The first-order valence-electron chi connectivity index (χ1n) is 11.2. The van der Waals surface area contributed by atoms with E-state index in [4.69, 9.17) is 0 Å². The number of nitrogens with zero attached hydrogens (tertiary/aromatic N) is 2. The van der Waals surface area contributed by atoms with Crippen LogP contribution in [0.4, 0.5) is 0 Å². The summed E-state index contributed by atoms with van der Waals surface area (Å²) in [4.78, 5) is 28.3. The van der Waals surface area contributed by atoms with Crippen LogP contribution in [-0.4, -0.2) is 54.6 Å². The minimum atomic E-state index is -3.93. The molecule has 1 N–H and O–H groups in total. The zero-order valence-electron chi connectivity index (χ0n) is 19.7. The molecule has 8 heteroatoms. The fourth-order valence-electron chi connectivity index (χ4n) is 3.91. The summed E-state index contributed by atoms with van der Waals surface area (Å²) in [6, 6.07) is 15.8. The molecule has 0 aliphatic carbocycles. The van der Waals surface area contributed by atoms with E-state index in [2.05, 4.69) is 19.2 Å². The van der Waals surface area contributed by atoms with Crippen molar-refractivity contribution in [1.29, 1.82) is 0 Å². The summed E-state index contributed by atoms with van der Waals surface area (Å²) in [5, 5.41) is 2.93. The summed E-state index contributed by atoms with van der Waals surface area (Å²) in [7, 11) is -3.93. The maximum atomic E-state index is 13.4. The van der Waals surface area contributed by atoms with Crippen molar-refractivity contribution in [3.63, 3.8) is 0 Å². The lowest BCUT2D eigenvalue weighted by Gasteiger charge is -2.46. The number of carbonyl (C=O) groups is 2. The van der Waals surface area contributed by atoms with E-state index in [-0.39, 0.29) is 30.4 Å². The van der Waals surface area contributed by atoms with Gasteiger partial charge in [0, 0.05) is 19.6 Å². The first-order chi connectivity index (χ1) is 15.5. The van der Waals surface area contributed by atoms with Gasteiger partial charge in [-0.2, -0.15) is 4.31 Å². The molecule has 0 spiro atoms. The molecule has 33 heavy (non-hydrogen) atoms. The number of amides is 2. The number of hydrogen-bond acceptors (Lipinski definition) is 4. The van der Waals surface area contributed by atoms with Gasteiger partial charge in [-0.3, -0.25) is 9.59 Å². The topological polar surface area (TPSA) is 86.8 Å². The van der Waals surface area contributed by atoms with Gasteiger partial charge in [-0.25, -0.2) is 8.42 Å². The molecule has 1 aliphatic heterocycles. The van der Waals surface area contributed by atoms with Gasteiger partial charge in [-0.05, 0) is 43.9 Å². The van der Waals surface area contributed by atoms with Gasteiger partial charge in [0.15, 0.2) is 0 Å². The zero-order chi connectivity index (χ0) is 24.2. The van der Waals surface area contributed by atoms with Gasteiger partial charge in [0.1, 0.15) is 5.54 Å². The maximum absolute atomic E-state index is 13.4. The lowest BCUT2D eigenvalue weighted by molar-refractivity contribution is -0.153. The molecule has 1 atom stereocenters. The second kappa shape index (κ2) is 10.1. The molecule has 2 aromatic rings. The standard InChI is InChI=1S/C25H33N3O4S/c1-19(2)14-15-26-24(30)25(4)18-27(33(31,32)22-8-6-5-7-9-22)17-23(29)28(25)16-21-12-10-20(3)11-13-21/h5-13,19H,14-18H2,1-4H3,(H,26,30)/t25-/m1/s1. The molecule has 1 heterocycles. The summed E-state index contributed by atoms with van der Waals surface area (Å²) < 4.78 is 27.7. The van der Waals surface area contributed by atoms with Crippen LogP contribution in [0.15, 0.2) is 59.5 Å². The molecule has 0 aromatic heterocycles. The number of sulfonamides is 1. The van der Waals surface area contributed by atoms with Crippen molar-refractivity contribution in [2.24, 2.45) is 5.92 Å². The van der Waals surface area contributed by atoms with Crippen LogP contribution in [0.5, 0.6) is 0 Å². The minimum absolute atomic E-state index is 0.104. The first kappa shape index (κ1) is 24.9. The lowest BCUT2D eigenvalue weighted by atomic mass is 9.94. The Hall–Kier alpha value is -2.71. The van der Waals surface area contributed by atoms with Crippen molar-refractivity contribution in [1.82, 2.24) is 14.5 Å². The third-order valence-electron chi connectivity index (χ3n) is 6.03. The van der Waals surface area contributed by atoms with E-state index in [0.29, 0.717) is 12.5 Å². The molecule has 0 radical (unpaired) electrons. The Kier molecular flexibility index (Phi) is 7.59. The molecule has 0 saturated carbocycles. The molecular weight excluding hydrogens is 438 g/mol. The van der Waals surface area contributed by atoms with Crippen LogP contribution in [0.2, 0.25) is 0 Å². The molecule has 1 fully saturated rings. The highest BCUT2D eigenvalue weighted by Gasteiger charge is 2.50. The summed E-state index contributed by atoms with van der Waals surface area (Å²) >= 11 is 0. The van der Waals surface area contributed by atoms with Crippen LogP contribution in [0.3, 0.4) is 0 Å². The average Bonchev–Trinajstić information content (AvgIpc) is 2.77. The van der Waals surface area contributed by atoms with E-state index < -0.39 is 21.5 Å². The molecule has 7 nitrogen and oxygen atoms in total. The van der Waals surface area contributed by atoms with E-state index in [9.17, 15) is 18.0 Å². The van der Waals surface area contributed by atoms with Crippen LogP contribution in [0, 0.1) is 12.8 Å². The van der Waals surface area contributed by atoms with Crippen molar-refractivity contribution < 1.29 is 18.0 Å². The number of piperazine rings is 1. The monoisotopic (exact) mass is 471 g/mol. The second-order valence-corrected chi connectivity index (χ2v) is 11.2. The number of hydrogen-bond donors (Lipinski definition) is 1. The van der Waals surface area contributed by atoms with Crippen LogP contribution < -0.4 is 5.32 Å². The van der Waals surface area contributed by atoms with Crippen molar-refractivity contribution in [2.75, 3.05) is 19.6 Å². The van der Waals surface area contributed by atoms with Gasteiger partial charge in [0.2, 0.25) is 21.8 Å². The average molecular weight is 472 g/mol. The molecule has 178 valence electrons. The predicted octanol–water partition coefficient (Wildman–Crippen LogP) is 2.95. The second-order valence-electron chi connectivity index (χ2n) is 9.26. The highest BCUT2D eigenvalue weighted by molar-refractivity contribution is 7.89. The molecule has 3 rings (SSSR count). The molecule has 2 amide bonds. The molecular formula is C25H33N3O4S. The van der Waals surface area contributed by atoms with Gasteiger partial charge in [-0.1, -0.05) is 61.9 Å². The number of carbonyl (C=O) groups excluding carboxylic acids is 2. The Morgan fingerprint density at radius 1 is 1.09 bits per heavy atom. The largest absolute Gasteiger partial charge is 0.354 e. The molecule has 0 bridgehead atoms. The van der Waals surface area contributed by atoms with Gasteiger partial charge in [-0.15, -0.1) is 0 Å². The molecule has 1 saturated heterocycles. The minimum Gasteiger partial charge on any atom is -0.354 e. The van der Waals surface area contributed by atoms with Gasteiger partial charge in [0.05, 0.1) is 11.4 Å². The summed E-state index contributed by atoms with van der Waals surface area (Å²) in [6.45, 7) is 8.03. The predicted molar refractivity (Wildman–Crippen MR) is 128 cm³/mol. The van der Waals surface area contributed by atoms with E-state index in [1.807, 2.05) is 31.2 Å². The highest BCUT2D eigenvalue weighted by Crippen LogP contribution is 2.29. The number of benzene rings is 2. The SMILES string of the molecule is Cc1ccc(CN2C(=O)CN(S(=O)(=O)c3ccccc3)C[C@]2(C)C(=O)NCCC(C)C)cc1. The Labute approximate surface area is 196 Å². The molecule has 2 aromatic carbocycles. The Balaban J connectivity index is 1.93. The number of aryl methyl sites for hydroxylation is 1. The molecule has 0 unspecified atom stereocenters. The van der Waals surface area contributed by atoms with Crippen molar-refractivity contribution in [3.8, 4) is 0 Å². The van der Waals surface area contributed by atoms with Crippen LogP contribution in [0.1, 0.15) is 38.3 Å². The normalized spacial score (nSPS) is 19.7. The van der Waals surface area contributed by atoms with Crippen LogP contribution in [-0.2, 0) is 26.2 Å². The number of rotatable bonds is 8. The summed E-state index contributed by atoms with van der Waals surface area (Å²) in [5.41, 5.74) is 0.631. The Bertz CT molecular complexity index is 1080. The van der Waals surface area contributed by atoms with E-state index in [0.717, 1.165) is 21.9 Å². The van der Waals surface area contributed by atoms with Crippen LogP contribution in [0.25, 0.3) is 0 Å². The van der Waals surface area contributed by atoms with Crippen LogP contribution >= 0.6 is 0 Å². The van der Waals surface area contributed by atoms with E-state index in [1.54, 1.807) is 25.1 Å². The summed E-state index contributed by atoms with van der Waals surface area (Å²) in [6.07, 6.45) is 0.791. The Morgan fingerprint density at radius 3 is 2.33 bits per heavy atom. The van der Waals surface area contributed by atoms with Gasteiger partial charge < -0.3 is 10.2 Å². The quantitative estimate of drug-likeness (QED) is 0.641. The smallest absolute Gasteiger partial charge is 0.247 e. The number of nitrogens with one attached hydrogen (secondary N) is 1. The van der Waals surface area contributed by atoms with Crippen molar-refractivity contribution >= 4 is 21.8 Å². The third-order valence-corrected chi connectivity index (χ3v) is 7.84. The van der Waals surface area contributed by atoms with E-state index >= 15 is 0 Å². The van der Waals surface area contributed by atoms with Crippen molar-refractivity contribution in [3.05, 3.63) is 65.7 Å². The zero-order valence-corrected chi connectivity index (χ0v) is 20.6.